The average molecular weight is 438 g/mol. The van der Waals surface area contributed by atoms with Crippen LogP contribution in [-0.2, 0) is 16.4 Å². The molecule has 0 amide bonds. The van der Waals surface area contributed by atoms with E-state index < -0.39 is 10.0 Å². The zero-order valence-corrected chi connectivity index (χ0v) is 18.4. The van der Waals surface area contributed by atoms with Crippen molar-refractivity contribution in [2.24, 2.45) is 0 Å². The third-order valence-electron chi connectivity index (χ3n) is 5.09. The average Bonchev–Trinajstić information content (AvgIpc) is 3.18. The highest BCUT2D eigenvalue weighted by atomic mass is 32.2. The minimum atomic E-state index is -3.82. The fraction of sp³-hybridized carbons (Fsp3) is 0.217. The highest BCUT2D eigenvalue weighted by Gasteiger charge is 2.22. The first-order chi connectivity index (χ1) is 15.0. The Bertz CT molecular complexity index is 1350. The van der Waals surface area contributed by atoms with Gasteiger partial charge < -0.3 is 9.47 Å². The minimum absolute atomic E-state index is 0.173. The van der Waals surface area contributed by atoms with Crippen LogP contribution in [0.5, 0.6) is 11.9 Å². The summed E-state index contributed by atoms with van der Waals surface area (Å²) < 4.78 is 38.9. The van der Waals surface area contributed by atoms with Gasteiger partial charge in [-0.05, 0) is 35.7 Å². The molecule has 7 nitrogen and oxygen atoms in total. The zero-order chi connectivity index (χ0) is 22.0. The number of hydrogen-bond acceptors (Lipinski definition) is 6. The Balaban J connectivity index is 1.84. The van der Waals surface area contributed by atoms with Gasteiger partial charge in [-0.2, -0.15) is 4.98 Å². The van der Waals surface area contributed by atoms with Gasteiger partial charge >= 0.3 is 6.01 Å². The largest absolute Gasteiger partial charge is 0.480 e. The summed E-state index contributed by atoms with van der Waals surface area (Å²) in [5.74, 6) is 0.304. The summed E-state index contributed by atoms with van der Waals surface area (Å²) in [5.41, 5.74) is 2.89. The topological polar surface area (TPSA) is 83.3 Å². The molecule has 0 saturated carbocycles. The summed E-state index contributed by atoms with van der Waals surface area (Å²) in [4.78, 5) is 8.49. The van der Waals surface area contributed by atoms with Gasteiger partial charge in [0.1, 0.15) is 0 Å². The summed E-state index contributed by atoms with van der Waals surface area (Å²) >= 11 is 0. The highest BCUT2D eigenvalue weighted by molar-refractivity contribution is 7.90. The van der Waals surface area contributed by atoms with Gasteiger partial charge in [0.15, 0.2) is 0 Å². The van der Waals surface area contributed by atoms with Gasteiger partial charge in [-0.1, -0.05) is 43.7 Å². The molecule has 0 saturated heterocycles. The lowest BCUT2D eigenvalue weighted by Crippen LogP contribution is -2.12. The van der Waals surface area contributed by atoms with E-state index in [1.807, 2.05) is 24.3 Å². The van der Waals surface area contributed by atoms with Crippen molar-refractivity contribution >= 4 is 20.9 Å². The smallest absolute Gasteiger partial charge is 0.319 e. The third-order valence-corrected chi connectivity index (χ3v) is 6.76. The predicted molar refractivity (Wildman–Crippen MR) is 119 cm³/mol. The van der Waals surface area contributed by atoms with Crippen LogP contribution in [0.1, 0.15) is 18.9 Å². The van der Waals surface area contributed by atoms with Gasteiger partial charge in [0.05, 0.1) is 30.2 Å². The lowest BCUT2D eigenvalue weighted by Gasteiger charge is -2.11. The Morgan fingerprint density at radius 1 is 1.03 bits per heavy atom. The Labute approximate surface area is 181 Å². The van der Waals surface area contributed by atoms with E-state index in [0.29, 0.717) is 22.5 Å². The summed E-state index contributed by atoms with van der Waals surface area (Å²) in [6.45, 7) is 2.08. The van der Waals surface area contributed by atoms with Crippen molar-refractivity contribution in [2.45, 2.75) is 24.7 Å². The number of hydrogen-bond donors (Lipinski definition) is 0. The van der Waals surface area contributed by atoms with E-state index in [1.165, 1.54) is 18.2 Å². The molecule has 8 heteroatoms. The molecule has 0 bridgehead atoms. The SMILES string of the molecule is CCCc1cn(S(=O)(=O)c2cccc(-c3cnc(OC)nc3OC)c2)c2ccccc12. The first-order valence-electron chi connectivity index (χ1n) is 9.89. The fourth-order valence-electron chi connectivity index (χ4n) is 3.63. The maximum absolute atomic E-state index is 13.6. The molecule has 2 aromatic carbocycles. The molecule has 0 radical (unpaired) electrons. The van der Waals surface area contributed by atoms with E-state index in [1.54, 1.807) is 36.7 Å². The molecule has 2 heterocycles. The maximum atomic E-state index is 13.6. The van der Waals surface area contributed by atoms with Crippen molar-refractivity contribution < 1.29 is 17.9 Å². The summed E-state index contributed by atoms with van der Waals surface area (Å²) in [7, 11) is -0.854. The van der Waals surface area contributed by atoms with Crippen LogP contribution in [0.15, 0.2) is 65.8 Å². The zero-order valence-electron chi connectivity index (χ0n) is 17.6. The second kappa shape index (κ2) is 8.39. The van der Waals surface area contributed by atoms with Crippen LogP contribution in [0.4, 0.5) is 0 Å². The van der Waals surface area contributed by atoms with Gasteiger partial charge in [0, 0.05) is 17.8 Å². The van der Waals surface area contributed by atoms with E-state index in [-0.39, 0.29) is 10.9 Å². The van der Waals surface area contributed by atoms with Gasteiger partial charge in [-0.3, -0.25) is 0 Å². The maximum Gasteiger partial charge on any atom is 0.319 e. The number of methoxy groups -OCH3 is 2. The van der Waals surface area contributed by atoms with Crippen LogP contribution >= 0.6 is 0 Å². The molecule has 0 N–H and O–H groups in total. The molecule has 0 unspecified atom stereocenters. The Morgan fingerprint density at radius 3 is 2.58 bits per heavy atom. The van der Waals surface area contributed by atoms with Crippen LogP contribution < -0.4 is 9.47 Å². The van der Waals surface area contributed by atoms with E-state index >= 15 is 0 Å². The van der Waals surface area contributed by atoms with E-state index in [9.17, 15) is 8.42 Å². The fourth-order valence-corrected chi connectivity index (χ4v) is 5.06. The van der Waals surface area contributed by atoms with Crippen molar-refractivity contribution in [3.8, 4) is 23.0 Å². The van der Waals surface area contributed by atoms with Crippen LogP contribution in [-0.4, -0.2) is 36.6 Å². The number of rotatable bonds is 7. The molecular formula is C23H23N3O4S. The molecule has 160 valence electrons. The summed E-state index contributed by atoms with van der Waals surface area (Å²) in [6, 6.07) is 14.4. The second-order valence-electron chi connectivity index (χ2n) is 7.03. The monoisotopic (exact) mass is 437 g/mol. The molecular weight excluding hydrogens is 414 g/mol. The molecule has 0 atom stereocenters. The molecule has 0 spiro atoms. The second-order valence-corrected chi connectivity index (χ2v) is 8.84. The van der Waals surface area contributed by atoms with Crippen molar-refractivity contribution in [2.75, 3.05) is 14.2 Å². The number of nitrogens with zero attached hydrogens (tertiary/aromatic N) is 3. The number of aryl methyl sites for hydroxylation is 1. The van der Waals surface area contributed by atoms with E-state index in [4.69, 9.17) is 9.47 Å². The van der Waals surface area contributed by atoms with Crippen molar-refractivity contribution in [1.29, 1.82) is 0 Å². The molecule has 0 aliphatic heterocycles. The standard InChI is InChI=1S/C23H23N3O4S/c1-4-8-17-15-26(21-12-6-5-11-19(17)21)31(27,28)18-10-7-9-16(13-18)20-14-24-23(30-3)25-22(20)29-2/h5-7,9-15H,4,8H2,1-3H3. The van der Waals surface area contributed by atoms with Gasteiger partial charge in [-0.25, -0.2) is 17.4 Å². The lowest BCUT2D eigenvalue weighted by atomic mass is 10.1. The lowest BCUT2D eigenvalue weighted by molar-refractivity contribution is 0.353. The molecule has 0 aliphatic rings. The number of ether oxygens (including phenoxy) is 2. The number of aromatic nitrogens is 3. The molecule has 4 aromatic rings. The van der Waals surface area contributed by atoms with Gasteiger partial charge in [0.25, 0.3) is 10.0 Å². The van der Waals surface area contributed by atoms with Crippen molar-refractivity contribution in [3.05, 3.63) is 66.5 Å². The number of benzene rings is 2. The first-order valence-corrected chi connectivity index (χ1v) is 11.3. The van der Waals surface area contributed by atoms with Crippen molar-refractivity contribution in [1.82, 2.24) is 13.9 Å². The summed E-state index contributed by atoms with van der Waals surface area (Å²) in [5, 5.41) is 0.953. The molecule has 4 rings (SSSR count). The third kappa shape index (κ3) is 3.74. The van der Waals surface area contributed by atoms with E-state index in [2.05, 4.69) is 16.9 Å². The van der Waals surface area contributed by atoms with E-state index in [0.717, 1.165) is 23.8 Å². The minimum Gasteiger partial charge on any atom is -0.480 e. The Hall–Kier alpha value is -3.39. The van der Waals surface area contributed by atoms with Gasteiger partial charge in [0.2, 0.25) is 5.88 Å². The molecule has 0 aliphatic carbocycles. The van der Waals surface area contributed by atoms with Gasteiger partial charge in [-0.15, -0.1) is 0 Å². The predicted octanol–water partition coefficient (Wildman–Crippen LogP) is 4.31. The molecule has 31 heavy (non-hydrogen) atoms. The van der Waals surface area contributed by atoms with Crippen LogP contribution in [0.2, 0.25) is 0 Å². The Kier molecular flexibility index (Phi) is 5.65. The number of fused-ring (bicyclic) bond motifs is 1. The van der Waals surface area contributed by atoms with Crippen LogP contribution in [0.3, 0.4) is 0 Å². The molecule has 2 aromatic heterocycles. The highest BCUT2D eigenvalue weighted by Crippen LogP contribution is 2.32. The van der Waals surface area contributed by atoms with Crippen molar-refractivity contribution in [3.63, 3.8) is 0 Å². The quantitative estimate of drug-likeness (QED) is 0.429. The van der Waals surface area contributed by atoms with Crippen LogP contribution in [0, 0.1) is 0 Å². The number of para-hydroxylation sites is 1. The Morgan fingerprint density at radius 2 is 1.84 bits per heavy atom. The molecule has 0 fully saturated rings. The first kappa shape index (κ1) is 20.9. The summed E-state index contributed by atoms with van der Waals surface area (Å²) in [6.07, 6.45) is 5.03. The normalized spacial score (nSPS) is 11.6. The van der Waals surface area contributed by atoms with Crippen LogP contribution in [0.25, 0.3) is 22.0 Å².